The Morgan fingerprint density at radius 1 is 0.906 bits per heavy atom. The Kier molecular flexibility index (Phi) is 6.32. The Balaban J connectivity index is 1.70. The first kappa shape index (κ1) is 21.7. The number of nitrogens with zero attached hydrogens (tertiary/aromatic N) is 3. The topological polar surface area (TPSA) is 45.3 Å². The first-order chi connectivity index (χ1) is 15.5. The maximum absolute atomic E-state index is 13.6. The second-order valence-corrected chi connectivity index (χ2v) is 8.10. The average molecular weight is 432 g/mol. The number of hydrogen-bond acceptors (Lipinski definition) is 5. The number of anilines is 2. The van der Waals surface area contributed by atoms with E-state index < -0.39 is 0 Å². The van der Waals surface area contributed by atoms with Crippen molar-refractivity contribution >= 4 is 17.3 Å². The number of ether oxygens (including phenoxy) is 2. The molecule has 0 saturated carbocycles. The van der Waals surface area contributed by atoms with Gasteiger partial charge in [0.05, 0.1) is 18.4 Å². The normalized spacial score (nSPS) is 15.7. The van der Waals surface area contributed by atoms with Crippen molar-refractivity contribution in [2.45, 2.75) is 6.17 Å². The van der Waals surface area contributed by atoms with Gasteiger partial charge in [-0.05, 0) is 68.2 Å². The lowest BCUT2D eigenvalue weighted by atomic mass is 10.0. The SMILES string of the molecule is COc1ccc(N2C(=O)c3ccccc3N(C)C2c2ccc(OCCN(C)C)cc2)cc1. The molecule has 0 aliphatic carbocycles. The van der Waals surface area contributed by atoms with Gasteiger partial charge in [-0.25, -0.2) is 0 Å². The lowest BCUT2D eigenvalue weighted by molar-refractivity contribution is 0.0969. The van der Waals surface area contributed by atoms with Crippen molar-refractivity contribution in [2.24, 2.45) is 0 Å². The molecule has 1 aliphatic rings. The van der Waals surface area contributed by atoms with E-state index in [1.165, 1.54) is 0 Å². The third kappa shape index (κ3) is 4.27. The summed E-state index contributed by atoms with van der Waals surface area (Å²) in [5, 5.41) is 0. The highest BCUT2D eigenvalue weighted by Crippen LogP contribution is 2.41. The summed E-state index contributed by atoms with van der Waals surface area (Å²) in [6, 6.07) is 23.3. The number of methoxy groups -OCH3 is 1. The van der Waals surface area contributed by atoms with Crippen LogP contribution in [0.15, 0.2) is 72.8 Å². The summed E-state index contributed by atoms with van der Waals surface area (Å²) in [5.74, 6) is 1.54. The molecule has 6 heteroatoms. The van der Waals surface area contributed by atoms with Crippen LogP contribution in [0.2, 0.25) is 0 Å². The molecule has 0 fully saturated rings. The van der Waals surface area contributed by atoms with Crippen molar-refractivity contribution in [2.75, 3.05) is 51.2 Å². The van der Waals surface area contributed by atoms with Crippen molar-refractivity contribution in [3.63, 3.8) is 0 Å². The number of likely N-dealkylation sites (N-methyl/N-ethyl adjacent to an activating group) is 1. The largest absolute Gasteiger partial charge is 0.497 e. The van der Waals surface area contributed by atoms with Crippen molar-refractivity contribution < 1.29 is 14.3 Å². The van der Waals surface area contributed by atoms with Gasteiger partial charge in [0.1, 0.15) is 24.3 Å². The molecule has 3 aromatic rings. The highest BCUT2D eigenvalue weighted by Gasteiger charge is 2.37. The van der Waals surface area contributed by atoms with Gasteiger partial charge in [-0.1, -0.05) is 24.3 Å². The molecule has 0 radical (unpaired) electrons. The molecule has 4 rings (SSSR count). The van der Waals surface area contributed by atoms with E-state index in [2.05, 4.69) is 9.80 Å². The Morgan fingerprint density at radius 3 is 2.22 bits per heavy atom. The van der Waals surface area contributed by atoms with E-state index in [4.69, 9.17) is 9.47 Å². The lowest BCUT2D eigenvalue weighted by Crippen LogP contribution is -2.48. The molecule has 1 amide bonds. The summed E-state index contributed by atoms with van der Waals surface area (Å²) >= 11 is 0. The van der Waals surface area contributed by atoms with Gasteiger partial charge in [-0.2, -0.15) is 0 Å². The summed E-state index contributed by atoms with van der Waals surface area (Å²) < 4.78 is 11.2. The molecule has 0 bridgehead atoms. The van der Waals surface area contributed by atoms with Crippen molar-refractivity contribution in [1.82, 2.24) is 4.90 Å². The highest BCUT2D eigenvalue weighted by molar-refractivity contribution is 6.12. The summed E-state index contributed by atoms with van der Waals surface area (Å²) in [6.45, 7) is 1.48. The van der Waals surface area contributed by atoms with E-state index in [1.54, 1.807) is 7.11 Å². The van der Waals surface area contributed by atoms with Crippen molar-refractivity contribution in [3.05, 3.63) is 83.9 Å². The standard InChI is InChI=1S/C26H29N3O3/c1-27(2)17-18-32-22-13-9-19(10-14-22)25-28(3)24-8-6-5-7-23(24)26(30)29(25)20-11-15-21(31-4)16-12-20/h5-16,25H,17-18H2,1-4H3. The molecular weight excluding hydrogens is 402 g/mol. The molecule has 0 N–H and O–H groups in total. The third-order valence-corrected chi connectivity index (χ3v) is 5.68. The van der Waals surface area contributed by atoms with Crippen LogP contribution in [-0.4, -0.2) is 52.2 Å². The van der Waals surface area contributed by atoms with Gasteiger partial charge in [-0.3, -0.25) is 9.69 Å². The van der Waals surface area contributed by atoms with Gasteiger partial charge in [-0.15, -0.1) is 0 Å². The maximum atomic E-state index is 13.6. The zero-order chi connectivity index (χ0) is 22.7. The molecular formula is C26H29N3O3. The zero-order valence-electron chi connectivity index (χ0n) is 19.0. The molecule has 166 valence electrons. The highest BCUT2D eigenvalue weighted by atomic mass is 16.5. The summed E-state index contributed by atoms with van der Waals surface area (Å²) in [7, 11) is 7.70. The molecule has 1 heterocycles. The average Bonchev–Trinajstić information content (AvgIpc) is 2.82. The maximum Gasteiger partial charge on any atom is 0.262 e. The predicted molar refractivity (Wildman–Crippen MR) is 128 cm³/mol. The van der Waals surface area contributed by atoms with Crippen molar-refractivity contribution in [1.29, 1.82) is 0 Å². The first-order valence-electron chi connectivity index (χ1n) is 10.7. The zero-order valence-corrected chi connectivity index (χ0v) is 19.0. The van der Waals surface area contributed by atoms with Gasteiger partial charge in [0.2, 0.25) is 0 Å². The Bertz CT molecular complexity index is 1060. The second-order valence-electron chi connectivity index (χ2n) is 8.10. The van der Waals surface area contributed by atoms with Gasteiger partial charge < -0.3 is 19.3 Å². The smallest absolute Gasteiger partial charge is 0.262 e. The quantitative estimate of drug-likeness (QED) is 0.554. The molecule has 0 aromatic heterocycles. The molecule has 1 aliphatic heterocycles. The van der Waals surface area contributed by atoms with Crippen LogP contribution in [0.1, 0.15) is 22.1 Å². The molecule has 0 spiro atoms. The minimum atomic E-state index is -0.290. The van der Waals surface area contributed by atoms with Gasteiger partial charge in [0.25, 0.3) is 5.91 Å². The molecule has 1 atom stereocenters. The predicted octanol–water partition coefficient (Wildman–Crippen LogP) is 4.43. The van der Waals surface area contributed by atoms with E-state index >= 15 is 0 Å². The minimum absolute atomic E-state index is 0.0276. The summed E-state index contributed by atoms with van der Waals surface area (Å²) in [5.41, 5.74) is 3.42. The van der Waals surface area contributed by atoms with Crippen molar-refractivity contribution in [3.8, 4) is 11.5 Å². The van der Waals surface area contributed by atoms with Crippen LogP contribution in [0.25, 0.3) is 0 Å². The van der Waals surface area contributed by atoms with Gasteiger partial charge >= 0.3 is 0 Å². The number of rotatable bonds is 7. The number of benzene rings is 3. The third-order valence-electron chi connectivity index (χ3n) is 5.68. The van der Waals surface area contributed by atoms with E-state index in [0.29, 0.717) is 12.2 Å². The molecule has 1 unspecified atom stereocenters. The lowest BCUT2D eigenvalue weighted by Gasteiger charge is -2.44. The van der Waals surface area contributed by atoms with Crippen LogP contribution in [0.3, 0.4) is 0 Å². The van der Waals surface area contributed by atoms with Crippen LogP contribution in [0.5, 0.6) is 11.5 Å². The van der Waals surface area contributed by atoms with E-state index in [1.807, 2.05) is 98.8 Å². The van der Waals surface area contributed by atoms with E-state index in [9.17, 15) is 4.79 Å². The summed E-state index contributed by atoms with van der Waals surface area (Å²) in [4.78, 5) is 19.7. The number of para-hydroxylation sites is 1. The fourth-order valence-corrected chi connectivity index (χ4v) is 3.96. The Morgan fingerprint density at radius 2 is 1.56 bits per heavy atom. The van der Waals surface area contributed by atoms with E-state index in [-0.39, 0.29) is 12.1 Å². The molecule has 6 nitrogen and oxygen atoms in total. The number of carbonyl (C=O) groups is 1. The molecule has 0 saturated heterocycles. The first-order valence-corrected chi connectivity index (χ1v) is 10.7. The fraction of sp³-hybridized carbons (Fsp3) is 0.269. The van der Waals surface area contributed by atoms with Crippen LogP contribution in [0.4, 0.5) is 11.4 Å². The number of fused-ring (bicyclic) bond motifs is 1. The Labute approximate surface area is 189 Å². The number of hydrogen-bond donors (Lipinski definition) is 0. The summed E-state index contributed by atoms with van der Waals surface area (Å²) in [6.07, 6.45) is -0.290. The minimum Gasteiger partial charge on any atom is -0.497 e. The molecule has 3 aromatic carbocycles. The Hall–Kier alpha value is -3.51. The van der Waals surface area contributed by atoms with Crippen LogP contribution in [-0.2, 0) is 0 Å². The molecule has 32 heavy (non-hydrogen) atoms. The van der Waals surface area contributed by atoms with Crippen LogP contribution in [0, 0.1) is 0 Å². The van der Waals surface area contributed by atoms with Gasteiger partial charge in [0, 0.05) is 19.3 Å². The van der Waals surface area contributed by atoms with Gasteiger partial charge in [0.15, 0.2) is 0 Å². The fourth-order valence-electron chi connectivity index (χ4n) is 3.96. The van der Waals surface area contributed by atoms with E-state index in [0.717, 1.165) is 35.0 Å². The van der Waals surface area contributed by atoms with Crippen LogP contribution < -0.4 is 19.3 Å². The van der Waals surface area contributed by atoms with Crippen LogP contribution >= 0.6 is 0 Å². The number of amides is 1. The second kappa shape index (κ2) is 9.32. The monoisotopic (exact) mass is 431 g/mol. The number of carbonyl (C=O) groups excluding carboxylic acids is 1.